The molecule has 1 heterocycles. The number of unbranched alkanes of at least 4 members (excludes halogenated alkanes) is 1. The molecule has 0 aliphatic carbocycles. The van der Waals surface area contributed by atoms with Gasteiger partial charge in [-0.25, -0.2) is 0 Å². The molecule has 0 spiro atoms. The number of aromatic nitrogens is 1. The van der Waals surface area contributed by atoms with Crippen LogP contribution in [0.15, 0.2) is 54.4 Å². The van der Waals surface area contributed by atoms with Crippen LogP contribution in [0.2, 0.25) is 0 Å². The highest BCUT2D eigenvalue weighted by Crippen LogP contribution is 2.22. The smallest absolute Gasteiger partial charge is 0.261 e. The highest BCUT2D eigenvalue weighted by atomic mass is 16.5. The molecule has 5 nitrogen and oxygen atoms in total. The summed E-state index contributed by atoms with van der Waals surface area (Å²) < 4.78 is 5.82. The SMILES string of the molecule is CCCCNC(=O)/C(C#N)=C/c1ccccc1OCc1cccnc1. The molecule has 1 aromatic heterocycles. The fraction of sp³-hybridized carbons (Fsp3) is 0.250. The quantitative estimate of drug-likeness (QED) is 0.455. The van der Waals surface area contributed by atoms with Crippen molar-refractivity contribution in [3.63, 3.8) is 0 Å². The van der Waals surface area contributed by atoms with Crippen LogP contribution in [0.25, 0.3) is 6.08 Å². The van der Waals surface area contributed by atoms with E-state index in [1.807, 2.05) is 49.4 Å². The lowest BCUT2D eigenvalue weighted by Gasteiger charge is -2.09. The predicted octanol–water partition coefficient (Wildman–Crippen LogP) is 3.48. The number of nitrogens with zero attached hydrogens (tertiary/aromatic N) is 2. The van der Waals surface area contributed by atoms with Crippen molar-refractivity contribution in [2.24, 2.45) is 0 Å². The Bertz CT molecular complexity index is 764. The summed E-state index contributed by atoms with van der Waals surface area (Å²) in [6.07, 6.45) is 6.86. The van der Waals surface area contributed by atoms with Crippen LogP contribution in [0.4, 0.5) is 0 Å². The molecule has 0 saturated heterocycles. The molecule has 0 atom stereocenters. The first kappa shape index (κ1) is 18.2. The Balaban J connectivity index is 2.12. The molecule has 0 saturated carbocycles. The highest BCUT2D eigenvalue weighted by molar-refractivity contribution is 6.01. The summed E-state index contributed by atoms with van der Waals surface area (Å²) >= 11 is 0. The number of carbonyl (C=O) groups is 1. The molecule has 2 aromatic rings. The number of carbonyl (C=O) groups excluding carboxylic acids is 1. The maximum atomic E-state index is 12.1. The van der Waals surface area contributed by atoms with Gasteiger partial charge in [0.1, 0.15) is 24.0 Å². The Kier molecular flexibility index (Phi) is 7.20. The minimum atomic E-state index is -0.363. The molecule has 1 aromatic carbocycles. The summed E-state index contributed by atoms with van der Waals surface area (Å²) in [5.41, 5.74) is 1.70. The fourth-order valence-electron chi connectivity index (χ4n) is 2.15. The van der Waals surface area contributed by atoms with Gasteiger partial charge < -0.3 is 10.1 Å². The van der Waals surface area contributed by atoms with Gasteiger partial charge in [-0.2, -0.15) is 5.26 Å². The van der Waals surface area contributed by atoms with Gasteiger partial charge in [0.25, 0.3) is 5.91 Å². The van der Waals surface area contributed by atoms with Crippen LogP contribution < -0.4 is 10.1 Å². The molecule has 0 unspecified atom stereocenters. The van der Waals surface area contributed by atoms with Crippen molar-refractivity contribution in [2.45, 2.75) is 26.4 Å². The predicted molar refractivity (Wildman–Crippen MR) is 96.5 cm³/mol. The van der Waals surface area contributed by atoms with Gasteiger partial charge in [0.15, 0.2) is 0 Å². The topological polar surface area (TPSA) is 75.0 Å². The third kappa shape index (κ3) is 5.78. The average molecular weight is 335 g/mol. The number of amides is 1. The summed E-state index contributed by atoms with van der Waals surface area (Å²) in [4.78, 5) is 16.1. The number of nitriles is 1. The summed E-state index contributed by atoms with van der Waals surface area (Å²) in [7, 11) is 0. The van der Waals surface area contributed by atoms with Gasteiger partial charge in [0, 0.05) is 30.1 Å². The van der Waals surface area contributed by atoms with Gasteiger partial charge in [-0.3, -0.25) is 9.78 Å². The van der Waals surface area contributed by atoms with Crippen LogP contribution in [-0.4, -0.2) is 17.4 Å². The van der Waals surface area contributed by atoms with Crippen LogP contribution in [0.3, 0.4) is 0 Å². The van der Waals surface area contributed by atoms with E-state index in [0.29, 0.717) is 24.5 Å². The van der Waals surface area contributed by atoms with Crippen molar-refractivity contribution in [2.75, 3.05) is 6.54 Å². The average Bonchev–Trinajstić information content (AvgIpc) is 2.66. The summed E-state index contributed by atoms with van der Waals surface area (Å²) in [6.45, 7) is 2.97. The largest absolute Gasteiger partial charge is 0.488 e. The van der Waals surface area contributed by atoms with E-state index in [2.05, 4.69) is 10.3 Å². The second-order valence-corrected chi connectivity index (χ2v) is 5.47. The first-order valence-corrected chi connectivity index (χ1v) is 8.25. The number of hydrogen-bond donors (Lipinski definition) is 1. The minimum Gasteiger partial charge on any atom is -0.488 e. The lowest BCUT2D eigenvalue weighted by molar-refractivity contribution is -0.117. The van der Waals surface area contributed by atoms with E-state index < -0.39 is 0 Å². The molecule has 0 fully saturated rings. The molecular formula is C20H21N3O2. The van der Waals surface area contributed by atoms with Gasteiger partial charge >= 0.3 is 0 Å². The Morgan fingerprint density at radius 2 is 2.16 bits per heavy atom. The third-order valence-corrected chi connectivity index (χ3v) is 3.52. The van der Waals surface area contributed by atoms with Crippen LogP contribution in [0.1, 0.15) is 30.9 Å². The fourth-order valence-corrected chi connectivity index (χ4v) is 2.15. The van der Waals surface area contributed by atoms with Crippen molar-refractivity contribution in [3.8, 4) is 11.8 Å². The number of ether oxygens (including phenoxy) is 1. The molecule has 1 N–H and O–H groups in total. The number of nitrogens with one attached hydrogen (secondary N) is 1. The zero-order valence-corrected chi connectivity index (χ0v) is 14.2. The van der Waals surface area contributed by atoms with Crippen molar-refractivity contribution in [1.82, 2.24) is 10.3 Å². The first-order chi connectivity index (χ1) is 12.2. The second-order valence-electron chi connectivity index (χ2n) is 5.47. The number of para-hydroxylation sites is 1. The van der Waals surface area contributed by atoms with Gasteiger partial charge in [0.2, 0.25) is 0 Å². The van der Waals surface area contributed by atoms with Crippen molar-refractivity contribution in [3.05, 3.63) is 65.5 Å². The van der Waals surface area contributed by atoms with Gasteiger partial charge in [-0.1, -0.05) is 37.6 Å². The van der Waals surface area contributed by atoms with Gasteiger partial charge in [0.05, 0.1) is 0 Å². The standard InChI is InChI=1S/C20H21N3O2/c1-2-3-11-23-20(24)18(13-21)12-17-8-4-5-9-19(17)25-15-16-7-6-10-22-14-16/h4-10,12,14H,2-3,11,15H2,1H3,(H,23,24)/b18-12+. The Labute approximate surface area is 148 Å². The minimum absolute atomic E-state index is 0.0635. The Hall–Kier alpha value is -3.13. The number of pyridine rings is 1. The zero-order chi connectivity index (χ0) is 17.9. The molecule has 0 aliphatic heterocycles. The van der Waals surface area contributed by atoms with Gasteiger partial charge in [-0.05, 0) is 24.6 Å². The summed E-state index contributed by atoms with van der Waals surface area (Å²) in [5.74, 6) is 0.249. The number of rotatable bonds is 8. The van der Waals surface area contributed by atoms with E-state index >= 15 is 0 Å². The van der Waals surface area contributed by atoms with Crippen molar-refractivity contribution >= 4 is 12.0 Å². The second kappa shape index (κ2) is 9.89. The molecule has 2 rings (SSSR count). The van der Waals surface area contributed by atoms with Crippen molar-refractivity contribution in [1.29, 1.82) is 5.26 Å². The van der Waals surface area contributed by atoms with E-state index in [-0.39, 0.29) is 11.5 Å². The number of benzene rings is 1. The van der Waals surface area contributed by atoms with E-state index in [4.69, 9.17) is 4.74 Å². The Morgan fingerprint density at radius 3 is 2.88 bits per heavy atom. The molecule has 0 radical (unpaired) electrons. The van der Waals surface area contributed by atoms with E-state index in [1.54, 1.807) is 18.5 Å². The maximum absolute atomic E-state index is 12.1. The van der Waals surface area contributed by atoms with Crippen LogP contribution in [-0.2, 0) is 11.4 Å². The van der Waals surface area contributed by atoms with E-state index in [1.165, 1.54) is 0 Å². The molecule has 0 aliphatic rings. The molecule has 0 bridgehead atoms. The third-order valence-electron chi connectivity index (χ3n) is 3.52. The van der Waals surface area contributed by atoms with E-state index in [0.717, 1.165) is 18.4 Å². The van der Waals surface area contributed by atoms with Crippen molar-refractivity contribution < 1.29 is 9.53 Å². The zero-order valence-electron chi connectivity index (χ0n) is 14.2. The lowest BCUT2D eigenvalue weighted by Crippen LogP contribution is -2.25. The van der Waals surface area contributed by atoms with Gasteiger partial charge in [-0.15, -0.1) is 0 Å². The maximum Gasteiger partial charge on any atom is 0.261 e. The lowest BCUT2D eigenvalue weighted by atomic mass is 10.1. The monoisotopic (exact) mass is 335 g/mol. The molecule has 1 amide bonds. The summed E-state index contributed by atoms with van der Waals surface area (Å²) in [5, 5.41) is 12.0. The van der Waals surface area contributed by atoms with E-state index in [9.17, 15) is 10.1 Å². The van der Waals surface area contributed by atoms with Crippen LogP contribution >= 0.6 is 0 Å². The van der Waals surface area contributed by atoms with Crippen LogP contribution in [0, 0.1) is 11.3 Å². The first-order valence-electron chi connectivity index (χ1n) is 8.25. The summed E-state index contributed by atoms with van der Waals surface area (Å²) in [6, 6.07) is 13.0. The normalized spacial score (nSPS) is 10.8. The van der Waals surface area contributed by atoms with Crippen LogP contribution in [0.5, 0.6) is 5.75 Å². The molecule has 25 heavy (non-hydrogen) atoms. The molecular weight excluding hydrogens is 314 g/mol. The highest BCUT2D eigenvalue weighted by Gasteiger charge is 2.10. The molecule has 128 valence electrons. The Morgan fingerprint density at radius 1 is 1.32 bits per heavy atom. The molecule has 5 heteroatoms. The number of hydrogen-bond acceptors (Lipinski definition) is 4.